The van der Waals surface area contributed by atoms with Crippen LogP contribution in [0.15, 0.2) is 11.6 Å². The number of carboxylic acids is 1. The Hall–Kier alpha value is -2.42. The Morgan fingerprint density at radius 3 is 1.73 bits per heavy atom. The molecule has 0 aromatic heterocycles. The summed E-state index contributed by atoms with van der Waals surface area (Å²) in [4.78, 5) is 57.1. The van der Waals surface area contributed by atoms with Crippen LogP contribution in [0.1, 0.15) is 109 Å². The number of hydrogen-bond donors (Lipinski definition) is 3. The molecule has 0 unspecified atom stereocenters. The van der Waals surface area contributed by atoms with Crippen LogP contribution in [-0.4, -0.2) is 81.9 Å². The van der Waals surface area contributed by atoms with E-state index in [9.17, 15) is 24.3 Å². The lowest BCUT2D eigenvalue weighted by Crippen LogP contribution is -2.69. The zero-order chi connectivity index (χ0) is 31.6. The average molecular weight is 567 g/mol. The van der Waals surface area contributed by atoms with Gasteiger partial charge in [-0.1, -0.05) is 75.3 Å². The third-order valence-corrected chi connectivity index (χ3v) is 8.43. The molecule has 3 amide bonds. The van der Waals surface area contributed by atoms with E-state index in [1.807, 2.05) is 76.2 Å². The Kier molecular flexibility index (Phi) is 14.6. The lowest BCUT2D eigenvalue weighted by Gasteiger charge is -2.47. The van der Waals surface area contributed by atoms with Gasteiger partial charge in [0, 0.05) is 19.2 Å². The Morgan fingerprint density at radius 2 is 1.40 bits per heavy atom. The smallest absolute Gasteiger partial charge is 0.331 e. The minimum Gasteiger partial charge on any atom is -0.478 e. The molecule has 0 bridgehead atoms. The van der Waals surface area contributed by atoms with Gasteiger partial charge >= 0.3 is 5.97 Å². The molecule has 0 heterocycles. The summed E-state index contributed by atoms with van der Waals surface area (Å²) in [6.45, 7) is 23.6. The number of hydrogen-bond acceptors (Lipinski definition) is 5. The first-order valence-corrected chi connectivity index (χ1v) is 15.0. The number of nitrogens with zero attached hydrogens (tertiary/aromatic N) is 2. The molecule has 0 rings (SSSR count). The van der Waals surface area contributed by atoms with Gasteiger partial charge in [-0.2, -0.15) is 0 Å². The van der Waals surface area contributed by atoms with Crippen molar-refractivity contribution in [3.63, 3.8) is 0 Å². The maximum atomic E-state index is 14.3. The first-order valence-electron chi connectivity index (χ1n) is 15.0. The standard InChI is InChI=1S/C31H58N4O5/c1-14-30(15-2,32-18-5)28(40)35(19-6)31(16-3,17-4)27(39)33-24(29(10,11)12)25(36)34(13)23(21(7)8)20-22(9)26(37)38/h20-21,23-24,32H,14-19H2,1-13H3,(H,33,39)(H,37,38)/b22-20+/t23-,24-/m1/s1. The van der Waals surface area contributed by atoms with Gasteiger partial charge in [0.25, 0.3) is 0 Å². The Morgan fingerprint density at radius 1 is 0.900 bits per heavy atom. The van der Waals surface area contributed by atoms with Gasteiger partial charge in [0.15, 0.2) is 0 Å². The van der Waals surface area contributed by atoms with Crippen molar-refractivity contribution in [1.29, 1.82) is 0 Å². The summed E-state index contributed by atoms with van der Waals surface area (Å²) in [7, 11) is 1.64. The molecule has 0 aliphatic rings. The van der Waals surface area contributed by atoms with Crippen LogP contribution in [0.5, 0.6) is 0 Å². The zero-order valence-electron chi connectivity index (χ0n) is 27.5. The molecule has 0 spiro atoms. The van der Waals surface area contributed by atoms with Gasteiger partial charge in [0.1, 0.15) is 11.6 Å². The summed E-state index contributed by atoms with van der Waals surface area (Å²) in [6, 6.07) is -1.37. The molecule has 0 saturated heterocycles. The quantitative estimate of drug-likeness (QED) is 0.235. The summed E-state index contributed by atoms with van der Waals surface area (Å²) in [5.41, 5.74) is -2.42. The van der Waals surface area contributed by atoms with Crippen molar-refractivity contribution < 1.29 is 24.3 Å². The van der Waals surface area contributed by atoms with E-state index in [0.717, 1.165) is 0 Å². The third-order valence-electron chi connectivity index (χ3n) is 8.43. The highest BCUT2D eigenvalue weighted by Gasteiger charge is 2.50. The number of carboxylic acid groups (broad SMARTS) is 1. The van der Waals surface area contributed by atoms with Crippen LogP contribution in [0.3, 0.4) is 0 Å². The average Bonchev–Trinajstić information content (AvgIpc) is 2.89. The molecule has 9 heteroatoms. The molecule has 40 heavy (non-hydrogen) atoms. The monoisotopic (exact) mass is 566 g/mol. The Balaban J connectivity index is 6.69. The molecule has 2 atom stereocenters. The molecule has 3 N–H and O–H groups in total. The number of carbonyl (C=O) groups is 4. The molecule has 0 saturated carbocycles. The summed E-state index contributed by atoms with van der Waals surface area (Å²) < 4.78 is 0. The minimum atomic E-state index is -1.14. The molecule has 0 aliphatic carbocycles. The lowest BCUT2D eigenvalue weighted by molar-refractivity contribution is -0.155. The molecule has 0 aromatic carbocycles. The number of amides is 3. The molecular weight excluding hydrogens is 508 g/mol. The van der Waals surface area contributed by atoms with E-state index >= 15 is 0 Å². The van der Waals surface area contributed by atoms with Crippen LogP contribution >= 0.6 is 0 Å². The van der Waals surface area contributed by atoms with E-state index in [0.29, 0.717) is 38.8 Å². The second kappa shape index (κ2) is 15.5. The van der Waals surface area contributed by atoms with E-state index in [1.54, 1.807) is 18.0 Å². The molecule has 0 fully saturated rings. The van der Waals surface area contributed by atoms with Crippen molar-refractivity contribution in [1.82, 2.24) is 20.4 Å². The van der Waals surface area contributed by atoms with Crippen molar-refractivity contribution in [3.8, 4) is 0 Å². The molecule has 0 aromatic rings. The maximum absolute atomic E-state index is 14.3. The first-order chi connectivity index (χ1) is 18.4. The maximum Gasteiger partial charge on any atom is 0.331 e. The summed E-state index contributed by atoms with van der Waals surface area (Å²) >= 11 is 0. The molecule has 0 radical (unpaired) electrons. The zero-order valence-corrected chi connectivity index (χ0v) is 27.5. The Labute approximate surface area is 243 Å². The van der Waals surface area contributed by atoms with E-state index < -0.39 is 34.5 Å². The highest BCUT2D eigenvalue weighted by molar-refractivity contribution is 5.97. The number of carbonyl (C=O) groups excluding carboxylic acids is 3. The fraction of sp³-hybridized carbons (Fsp3) is 0.806. The van der Waals surface area contributed by atoms with Gasteiger partial charge in [0.05, 0.1) is 11.6 Å². The molecule has 232 valence electrons. The van der Waals surface area contributed by atoms with E-state index in [-0.39, 0.29) is 29.2 Å². The van der Waals surface area contributed by atoms with Gasteiger partial charge in [-0.3, -0.25) is 14.4 Å². The van der Waals surface area contributed by atoms with Crippen molar-refractivity contribution >= 4 is 23.7 Å². The van der Waals surface area contributed by atoms with E-state index in [1.165, 1.54) is 11.8 Å². The predicted octanol–water partition coefficient (Wildman–Crippen LogP) is 4.61. The fourth-order valence-corrected chi connectivity index (χ4v) is 5.53. The van der Waals surface area contributed by atoms with Crippen molar-refractivity contribution in [2.45, 2.75) is 132 Å². The van der Waals surface area contributed by atoms with Crippen LogP contribution in [-0.2, 0) is 19.2 Å². The van der Waals surface area contributed by atoms with Crippen LogP contribution in [0.25, 0.3) is 0 Å². The lowest BCUT2D eigenvalue weighted by atomic mass is 9.81. The minimum absolute atomic E-state index is 0.0552. The highest BCUT2D eigenvalue weighted by Crippen LogP contribution is 2.31. The van der Waals surface area contributed by atoms with Crippen LogP contribution in [0.4, 0.5) is 0 Å². The van der Waals surface area contributed by atoms with Gasteiger partial charge in [0.2, 0.25) is 17.7 Å². The van der Waals surface area contributed by atoms with E-state index in [4.69, 9.17) is 0 Å². The van der Waals surface area contributed by atoms with Crippen molar-refractivity contribution in [3.05, 3.63) is 11.6 Å². The SMILES string of the molecule is CCNC(CC)(CC)C(=O)N(CC)C(CC)(CC)C(=O)N[C@H](C(=O)N(C)[C@H](/C=C(\C)C(=O)O)C(C)C)C(C)(C)C. The first kappa shape index (κ1) is 37.6. The number of likely N-dealkylation sites (N-methyl/N-ethyl adjacent to an activating group) is 3. The van der Waals surface area contributed by atoms with Crippen LogP contribution in [0, 0.1) is 11.3 Å². The second-order valence-corrected chi connectivity index (χ2v) is 12.2. The largest absolute Gasteiger partial charge is 0.478 e. The normalized spacial score (nSPS) is 14.5. The summed E-state index contributed by atoms with van der Waals surface area (Å²) in [5, 5.41) is 15.9. The molecule has 0 aliphatic heterocycles. The van der Waals surface area contributed by atoms with Gasteiger partial charge in [-0.05, 0) is 57.4 Å². The van der Waals surface area contributed by atoms with Gasteiger partial charge in [-0.25, -0.2) is 4.79 Å². The van der Waals surface area contributed by atoms with Gasteiger partial charge < -0.3 is 25.5 Å². The number of nitrogens with one attached hydrogen (secondary N) is 2. The Bertz CT molecular complexity index is 898. The van der Waals surface area contributed by atoms with Crippen LogP contribution < -0.4 is 10.6 Å². The molecule has 9 nitrogen and oxygen atoms in total. The van der Waals surface area contributed by atoms with Crippen LogP contribution in [0.2, 0.25) is 0 Å². The van der Waals surface area contributed by atoms with Crippen molar-refractivity contribution in [2.75, 3.05) is 20.1 Å². The summed E-state index contributed by atoms with van der Waals surface area (Å²) in [6.07, 6.45) is 3.54. The molecular formula is C31H58N4O5. The fourth-order valence-electron chi connectivity index (χ4n) is 5.53. The highest BCUT2D eigenvalue weighted by atomic mass is 16.4. The number of rotatable bonds is 16. The number of aliphatic carboxylic acids is 1. The van der Waals surface area contributed by atoms with Crippen molar-refractivity contribution in [2.24, 2.45) is 11.3 Å². The topological polar surface area (TPSA) is 119 Å². The van der Waals surface area contributed by atoms with E-state index in [2.05, 4.69) is 10.6 Å². The van der Waals surface area contributed by atoms with Gasteiger partial charge in [-0.15, -0.1) is 0 Å². The predicted molar refractivity (Wildman–Crippen MR) is 162 cm³/mol. The summed E-state index contributed by atoms with van der Waals surface area (Å²) in [5.74, 6) is -1.87. The second-order valence-electron chi connectivity index (χ2n) is 12.2. The third kappa shape index (κ3) is 8.30.